The van der Waals surface area contributed by atoms with Gasteiger partial charge in [0.25, 0.3) is 5.91 Å². The fourth-order valence-electron chi connectivity index (χ4n) is 2.95. The summed E-state index contributed by atoms with van der Waals surface area (Å²) >= 11 is 0. The molecule has 2 atom stereocenters. The van der Waals surface area contributed by atoms with Gasteiger partial charge in [0, 0.05) is 35.5 Å². The monoisotopic (exact) mass is 354 g/mol. The van der Waals surface area contributed by atoms with Crippen LogP contribution in [-0.2, 0) is 0 Å². The Hall–Kier alpha value is -2.14. The molecule has 2 unspecified atom stereocenters. The molecule has 1 aromatic carbocycles. The summed E-state index contributed by atoms with van der Waals surface area (Å²) < 4.78 is 0. The van der Waals surface area contributed by atoms with Gasteiger partial charge in [-0.15, -0.1) is 0 Å². The van der Waals surface area contributed by atoms with Crippen molar-refractivity contribution in [3.05, 3.63) is 47.3 Å². The fraction of sp³-hybridized carbons (Fsp3) is 0.524. The highest BCUT2D eigenvalue weighted by molar-refractivity contribution is 5.98. The van der Waals surface area contributed by atoms with Crippen LogP contribution in [0.15, 0.2) is 36.2 Å². The van der Waals surface area contributed by atoms with Crippen molar-refractivity contribution in [3.8, 4) is 0 Å². The molecule has 5 heteroatoms. The van der Waals surface area contributed by atoms with Crippen LogP contribution in [0.25, 0.3) is 0 Å². The molecule has 0 bridgehead atoms. The minimum absolute atomic E-state index is 0.118. The number of amides is 1. The van der Waals surface area contributed by atoms with Gasteiger partial charge in [-0.3, -0.25) is 4.79 Å². The van der Waals surface area contributed by atoms with Crippen LogP contribution in [0.1, 0.15) is 61.9 Å². The lowest BCUT2D eigenvalue weighted by atomic mass is 10.1. The van der Waals surface area contributed by atoms with Crippen LogP contribution in [0.4, 0.5) is 0 Å². The Morgan fingerprint density at radius 2 is 2.08 bits per heavy atom. The molecule has 1 amide bonds. The van der Waals surface area contributed by atoms with E-state index in [1.54, 1.807) is 6.20 Å². The number of hydrogen-bond acceptors (Lipinski definition) is 4. The predicted molar refractivity (Wildman–Crippen MR) is 106 cm³/mol. The predicted octanol–water partition coefficient (Wildman–Crippen LogP) is 3.15. The van der Waals surface area contributed by atoms with E-state index in [0.29, 0.717) is 23.2 Å². The van der Waals surface area contributed by atoms with Gasteiger partial charge >= 0.3 is 0 Å². The molecule has 5 nitrogen and oxygen atoms in total. The van der Waals surface area contributed by atoms with Crippen molar-refractivity contribution < 1.29 is 4.79 Å². The van der Waals surface area contributed by atoms with Crippen molar-refractivity contribution in [1.29, 1.82) is 5.41 Å². The van der Waals surface area contributed by atoms with Crippen molar-refractivity contribution in [2.24, 2.45) is 5.92 Å². The first-order chi connectivity index (χ1) is 12.4. The van der Waals surface area contributed by atoms with Crippen LogP contribution in [0, 0.1) is 11.3 Å². The van der Waals surface area contributed by atoms with E-state index >= 15 is 0 Å². The van der Waals surface area contributed by atoms with E-state index in [4.69, 9.17) is 5.41 Å². The highest BCUT2D eigenvalue weighted by Gasteiger charge is 2.39. The summed E-state index contributed by atoms with van der Waals surface area (Å²) in [5.74, 6) is 1.23. The van der Waals surface area contributed by atoms with E-state index < -0.39 is 0 Å². The standard InChI is InChI=1S/C21H30N4O/c1-21(2,3)24-13-17(11-22)25-20(26)16-6-4-5-15(9-16)18-10-19(18)23-12-14-7-8-14/h4-6,9,11,13-14,18-19,22-24H,7-8,10,12H2,1-3H3,(H,25,26)/b17-13+,22-11?. The largest absolute Gasteiger partial charge is 0.385 e. The fourth-order valence-corrected chi connectivity index (χ4v) is 2.95. The Labute approximate surface area is 156 Å². The molecule has 0 aliphatic heterocycles. The zero-order valence-electron chi connectivity index (χ0n) is 15.9. The SMILES string of the molecule is CC(C)(C)N/C=C(\C=N)NC(=O)c1cccc(C2CC2NCC2CC2)c1. The zero-order valence-corrected chi connectivity index (χ0v) is 15.9. The number of rotatable bonds is 8. The molecule has 140 valence electrons. The quantitative estimate of drug-likeness (QED) is 0.542. The molecule has 3 rings (SSSR count). The number of hydrogen-bond donors (Lipinski definition) is 4. The Morgan fingerprint density at radius 1 is 1.31 bits per heavy atom. The minimum atomic E-state index is -0.180. The van der Waals surface area contributed by atoms with Crippen molar-refractivity contribution in [3.63, 3.8) is 0 Å². The molecule has 1 aromatic rings. The van der Waals surface area contributed by atoms with Gasteiger partial charge in [-0.05, 0) is 70.2 Å². The number of carbonyl (C=O) groups is 1. The summed E-state index contributed by atoms with van der Waals surface area (Å²) in [5, 5.41) is 17.1. The summed E-state index contributed by atoms with van der Waals surface area (Å²) in [6, 6.07) is 8.42. The lowest BCUT2D eigenvalue weighted by Crippen LogP contribution is -2.33. The third-order valence-corrected chi connectivity index (χ3v) is 4.81. The topological polar surface area (TPSA) is 77.0 Å². The summed E-state index contributed by atoms with van der Waals surface area (Å²) in [6.07, 6.45) is 6.71. The number of carbonyl (C=O) groups excluding carboxylic acids is 1. The van der Waals surface area contributed by atoms with E-state index in [9.17, 15) is 4.79 Å². The molecule has 2 aliphatic carbocycles. The van der Waals surface area contributed by atoms with Gasteiger partial charge in [-0.2, -0.15) is 0 Å². The highest BCUT2D eigenvalue weighted by atomic mass is 16.1. The van der Waals surface area contributed by atoms with Crippen LogP contribution >= 0.6 is 0 Å². The van der Waals surface area contributed by atoms with Crippen LogP contribution < -0.4 is 16.0 Å². The van der Waals surface area contributed by atoms with Gasteiger partial charge in [-0.25, -0.2) is 0 Å². The molecule has 4 N–H and O–H groups in total. The van der Waals surface area contributed by atoms with E-state index in [1.807, 2.05) is 39.0 Å². The lowest BCUT2D eigenvalue weighted by molar-refractivity contribution is 0.0967. The van der Waals surface area contributed by atoms with Crippen molar-refractivity contribution in [1.82, 2.24) is 16.0 Å². The van der Waals surface area contributed by atoms with Crippen LogP contribution in [0.2, 0.25) is 0 Å². The van der Waals surface area contributed by atoms with E-state index in [2.05, 4.69) is 22.0 Å². The van der Waals surface area contributed by atoms with Crippen molar-refractivity contribution >= 4 is 12.1 Å². The van der Waals surface area contributed by atoms with Crippen molar-refractivity contribution in [2.45, 2.75) is 57.5 Å². The maximum atomic E-state index is 12.5. The summed E-state index contributed by atoms with van der Waals surface area (Å²) in [4.78, 5) is 12.5. The van der Waals surface area contributed by atoms with E-state index in [-0.39, 0.29) is 11.4 Å². The van der Waals surface area contributed by atoms with Gasteiger partial charge in [0.2, 0.25) is 0 Å². The number of benzene rings is 1. The minimum Gasteiger partial charge on any atom is -0.385 e. The Kier molecular flexibility index (Phi) is 5.47. The van der Waals surface area contributed by atoms with E-state index in [1.165, 1.54) is 18.4 Å². The van der Waals surface area contributed by atoms with Gasteiger partial charge in [0.15, 0.2) is 0 Å². The molecule has 2 fully saturated rings. The molecule has 0 heterocycles. The first-order valence-corrected chi connectivity index (χ1v) is 9.49. The average molecular weight is 354 g/mol. The Morgan fingerprint density at radius 3 is 2.73 bits per heavy atom. The normalized spacial score (nSPS) is 22.7. The highest BCUT2D eigenvalue weighted by Crippen LogP contribution is 2.41. The van der Waals surface area contributed by atoms with Gasteiger partial charge in [0.05, 0.1) is 5.70 Å². The maximum Gasteiger partial charge on any atom is 0.255 e. The van der Waals surface area contributed by atoms with Gasteiger partial charge in [0.1, 0.15) is 0 Å². The second-order valence-corrected chi connectivity index (χ2v) is 8.52. The Bertz CT molecular complexity index is 700. The molecule has 0 radical (unpaired) electrons. The summed E-state index contributed by atoms with van der Waals surface area (Å²) in [5.41, 5.74) is 2.19. The molecule has 0 spiro atoms. The third-order valence-electron chi connectivity index (χ3n) is 4.81. The second kappa shape index (κ2) is 7.62. The first kappa shape index (κ1) is 18.6. The molecular weight excluding hydrogens is 324 g/mol. The molecule has 2 aliphatic rings. The third kappa shape index (κ3) is 5.43. The molecule has 26 heavy (non-hydrogen) atoms. The lowest BCUT2D eigenvalue weighted by Gasteiger charge is -2.19. The molecule has 2 saturated carbocycles. The van der Waals surface area contributed by atoms with Crippen molar-refractivity contribution in [2.75, 3.05) is 6.54 Å². The van der Waals surface area contributed by atoms with Gasteiger partial charge in [-0.1, -0.05) is 12.1 Å². The average Bonchev–Trinajstić information content (AvgIpc) is 3.50. The smallest absolute Gasteiger partial charge is 0.255 e. The second-order valence-electron chi connectivity index (χ2n) is 8.52. The Balaban J connectivity index is 1.58. The van der Waals surface area contributed by atoms with Crippen LogP contribution in [-0.4, -0.2) is 30.2 Å². The molecule has 0 saturated heterocycles. The summed E-state index contributed by atoms with van der Waals surface area (Å²) in [6.45, 7) is 7.22. The van der Waals surface area contributed by atoms with Crippen LogP contribution in [0.5, 0.6) is 0 Å². The zero-order chi connectivity index (χ0) is 18.7. The summed E-state index contributed by atoms with van der Waals surface area (Å²) in [7, 11) is 0. The number of nitrogens with one attached hydrogen (secondary N) is 4. The van der Waals surface area contributed by atoms with Gasteiger partial charge < -0.3 is 21.4 Å². The molecular formula is C21H30N4O. The molecule has 0 aromatic heterocycles. The maximum absolute atomic E-state index is 12.5. The number of allylic oxidation sites excluding steroid dienone is 1. The van der Waals surface area contributed by atoms with Crippen LogP contribution in [0.3, 0.4) is 0 Å². The van der Waals surface area contributed by atoms with E-state index in [0.717, 1.165) is 25.1 Å². The first-order valence-electron chi connectivity index (χ1n) is 9.49.